The molecule has 0 saturated heterocycles. The van der Waals surface area contributed by atoms with Crippen LogP contribution in [0.15, 0.2) is 12.7 Å². The summed E-state index contributed by atoms with van der Waals surface area (Å²) in [7, 11) is -3.90. The summed E-state index contributed by atoms with van der Waals surface area (Å²) in [4.78, 5) is 9.00. The van der Waals surface area contributed by atoms with Crippen molar-refractivity contribution in [3.63, 3.8) is 0 Å². The molecule has 0 aromatic rings. The molecule has 7 heteroatoms. The summed E-state index contributed by atoms with van der Waals surface area (Å²) in [6, 6.07) is 0. The Hall–Kier alpha value is 0.810. The van der Waals surface area contributed by atoms with Gasteiger partial charge in [0.25, 0.3) is 0 Å². The highest BCUT2D eigenvalue weighted by molar-refractivity contribution is 9.12. The molecule has 0 aromatic carbocycles. The lowest BCUT2D eigenvalue weighted by Gasteiger charge is -2.12. The molecule has 0 bridgehead atoms. The Labute approximate surface area is 94.2 Å². The quantitative estimate of drug-likeness (QED) is 0.440. The van der Waals surface area contributed by atoms with Gasteiger partial charge in [0, 0.05) is 10.2 Å². The second-order valence-corrected chi connectivity index (χ2v) is 5.50. The lowest BCUT2D eigenvalue weighted by molar-refractivity contribution is 0.163. The summed E-state index contributed by atoms with van der Waals surface area (Å²) in [5.74, 6) is 0. The van der Waals surface area contributed by atoms with Crippen molar-refractivity contribution in [3.8, 4) is 0 Å². The van der Waals surface area contributed by atoms with E-state index in [-0.39, 0.29) is 18.0 Å². The first-order valence-electron chi connectivity index (χ1n) is 3.44. The summed E-state index contributed by atoms with van der Waals surface area (Å²) in [5, 5.41) is 0.633. The molecule has 0 aliphatic heterocycles. The van der Waals surface area contributed by atoms with E-state index in [0.29, 0.717) is 5.33 Å². The van der Waals surface area contributed by atoms with Crippen molar-refractivity contribution in [2.45, 2.75) is 4.83 Å². The zero-order valence-corrected chi connectivity index (χ0v) is 10.9. The van der Waals surface area contributed by atoms with E-state index in [2.05, 4.69) is 47.5 Å². The number of hydrogen-bond donors (Lipinski definition) is 1. The number of halogens is 2. The molecule has 4 nitrogen and oxygen atoms in total. The average Bonchev–Trinajstić information content (AvgIpc) is 2.11. The van der Waals surface area contributed by atoms with Crippen molar-refractivity contribution < 1.29 is 18.5 Å². The van der Waals surface area contributed by atoms with E-state index < -0.39 is 7.82 Å². The van der Waals surface area contributed by atoms with Crippen LogP contribution >= 0.6 is 39.7 Å². The molecule has 1 N–H and O–H groups in total. The Bertz CT molecular complexity index is 199. The van der Waals surface area contributed by atoms with Gasteiger partial charge in [0.1, 0.15) is 0 Å². The molecule has 0 aliphatic carbocycles. The maximum absolute atomic E-state index is 11.0. The molecule has 0 amide bonds. The van der Waals surface area contributed by atoms with Crippen LogP contribution in [0.1, 0.15) is 0 Å². The van der Waals surface area contributed by atoms with Gasteiger partial charge >= 0.3 is 7.82 Å². The van der Waals surface area contributed by atoms with E-state index in [0.717, 1.165) is 0 Å². The maximum Gasteiger partial charge on any atom is 0.472 e. The molecule has 0 radical (unpaired) electrons. The molecule has 0 spiro atoms. The van der Waals surface area contributed by atoms with Gasteiger partial charge in [-0.2, -0.15) is 0 Å². The molecule has 0 aromatic heterocycles. The van der Waals surface area contributed by atoms with Crippen LogP contribution in [0.25, 0.3) is 0 Å². The summed E-state index contributed by atoms with van der Waals surface area (Å²) in [6.07, 6.45) is 1.38. The molecule has 0 rings (SSSR count). The minimum atomic E-state index is -3.90. The van der Waals surface area contributed by atoms with Crippen LogP contribution in [0.5, 0.6) is 0 Å². The van der Waals surface area contributed by atoms with Gasteiger partial charge in [-0.1, -0.05) is 37.9 Å². The summed E-state index contributed by atoms with van der Waals surface area (Å²) in [6.45, 7) is 3.45. The highest BCUT2D eigenvalue weighted by Gasteiger charge is 2.21. The third kappa shape index (κ3) is 7.85. The first-order chi connectivity index (χ1) is 6.02. The third-order valence-electron chi connectivity index (χ3n) is 0.941. The topological polar surface area (TPSA) is 55.8 Å². The normalized spacial score (nSPS) is 17.8. The van der Waals surface area contributed by atoms with E-state index in [4.69, 9.17) is 4.89 Å². The van der Waals surface area contributed by atoms with Crippen LogP contribution in [0.4, 0.5) is 0 Å². The van der Waals surface area contributed by atoms with E-state index in [9.17, 15) is 4.57 Å². The Kier molecular flexibility index (Phi) is 7.59. The van der Waals surface area contributed by atoms with Crippen molar-refractivity contribution in [3.05, 3.63) is 12.7 Å². The number of phosphoric ester groups is 1. The monoisotopic (exact) mass is 336 g/mol. The molecular formula is C6H11Br2O4P. The molecule has 78 valence electrons. The molecule has 2 atom stereocenters. The van der Waals surface area contributed by atoms with Crippen LogP contribution in [0.2, 0.25) is 0 Å². The fourth-order valence-corrected chi connectivity index (χ4v) is 1.66. The van der Waals surface area contributed by atoms with Crippen LogP contribution in [0.3, 0.4) is 0 Å². The van der Waals surface area contributed by atoms with Crippen LogP contribution in [0, 0.1) is 0 Å². The predicted molar refractivity (Wildman–Crippen MR) is 58.4 cm³/mol. The maximum atomic E-state index is 11.0. The fraction of sp³-hybridized carbons (Fsp3) is 0.667. The molecule has 13 heavy (non-hydrogen) atoms. The first-order valence-corrected chi connectivity index (χ1v) is 6.98. The van der Waals surface area contributed by atoms with Gasteiger partial charge in [-0.3, -0.25) is 9.05 Å². The van der Waals surface area contributed by atoms with Crippen molar-refractivity contribution in [2.75, 3.05) is 18.5 Å². The van der Waals surface area contributed by atoms with Crippen LogP contribution in [-0.4, -0.2) is 28.3 Å². The lowest BCUT2D eigenvalue weighted by atomic mass is 10.5. The fourth-order valence-electron chi connectivity index (χ4n) is 0.404. The van der Waals surface area contributed by atoms with Gasteiger partial charge in [-0.25, -0.2) is 4.57 Å². The van der Waals surface area contributed by atoms with Crippen molar-refractivity contribution in [1.82, 2.24) is 0 Å². The molecule has 0 saturated carbocycles. The Morgan fingerprint density at radius 3 is 2.69 bits per heavy atom. The van der Waals surface area contributed by atoms with Gasteiger partial charge in [0.15, 0.2) is 0 Å². The van der Waals surface area contributed by atoms with E-state index >= 15 is 0 Å². The largest absolute Gasteiger partial charge is 0.472 e. The molecule has 0 heterocycles. The molecule has 2 unspecified atom stereocenters. The van der Waals surface area contributed by atoms with Crippen LogP contribution < -0.4 is 0 Å². The van der Waals surface area contributed by atoms with E-state index in [1.807, 2.05) is 0 Å². The number of phosphoric acid groups is 1. The Morgan fingerprint density at radius 1 is 1.62 bits per heavy atom. The van der Waals surface area contributed by atoms with Crippen LogP contribution in [-0.2, 0) is 13.6 Å². The molecule has 0 aliphatic rings. The van der Waals surface area contributed by atoms with E-state index in [1.54, 1.807) is 0 Å². The van der Waals surface area contributed by atoms with E-state index in [1.165, 1.54) is 6.08 Å². The first kappa shape index (κ1) is 13.8. The Morgan fingerprint density at radius 2 is 2.23 bits per heavy atom. The number of rotatable bonds is 7. The number of alkyl halides is 2. The van der Waals surface area contributed by atoms with Gasteiger partial charge in [0.2, 0.25) is 0 Å². The van der Waals surface area contributed by atoms with Gasteiger partial charge < -0.3 is 4.89 Å². The highest BCUT2D eigenvalue weighted by Crippen LogP contribution is 2.43. The summed E-state index contributed by atoms with van der Waals surface area (Å²) in [5.41, 5.74) is 0. The van der Waals surface area contributed by atoms with Crippen molar-refractivity contribution in [2.24, 2.45) is 0 Å². The second-order valence-electron chi connectivity index (χ2n) is 2.10. The minimum Gasteiger partial charge on any atom is -0.302 e. The van der Waals surface area contributed by atoms with Gasteiger partial charge in [0.05, 0.1) is 13.2 Å². The third-order valence-corrected chi connectivity index (χ3v) is 4.13. The number of hydrogen-bond acceptors (Lipinski definition) is 3. The Balaban J connectivity index is 3.74. The smallest absolute Gasteiger partial charge is 0.302 e. The molecular weight excluding hydrogens is 327 g/mol. The zero-order chi connectivity index (χ0) is 10.3. The highest BCUT2D eigenvalue weighted by atomic mass is 79.9. The van der Waals surface area contributed by atoms with Crippen molar-refractivity contribution >= 4 is 39.7 Å². The zero-order valence-electron chi connectivity index (χ0n) is 6.86. The van der Waals surface area contributed by atoms with Gasteiger partial charge in [-0.15, -0.1) is 6.58 Å². The minimum absolute atomic E-state index is 0.00492. The summed E-state index contributed by atoms with van der Waals surface area (Å²) < 4.78 is 20.2. The SMILES string of the molecule is C=CCOP(=O)(O)OCC(Br)CBr. The second kappa shape index (κ2) is 7.15. The van der Waals surface area contributed by atoms with Gasteiger partial charge in [-0.05, 0) is 0 Å². The predicted octanol–water partition coefficient (Wildman–Crippen LogP) is 2.46. The molecule has 0 fully saturated rings. The average molecular weight is 338 g/mol. The van der Waals surface area contributed by atoms with Crippen molar-refractivity contribution in [1.29, 1.82) is 0 Å². The summed E-state index contributed by atoms with van der Waals surface area (Å²) >= 11 is 6.40. The lowest BCUT2D eigenvalue weighted by Crippen LogP contribution is -2.09. The standard InChI is InChI=1S/C6H11Br2O4P/c1-2-3-11-13(9,10)12-5-6(8)4-7/h2,6H,1,3-5H2,(H,9,10).